The van der Waals surface area contributed by atoms with Crippen LogP contribution in [0.2, 0.25) is 0 Å². The standard InChI is InChI=1S/C25H22N4O2S/c1-15-11-17(12-18(13-26)24(31)28-19-7-9-20(30)10-8-19)16(2)29(15)25-22(14-27)21-5-3-4-6-23(21)32-25/h7-12,30H,3-6H2,1-2H3,(H,28,31). The fraction of sp³-hybridized carbons (Fsp3) is 0.240. The molecule has 1 aromatic carbocycles. The third-order valence-electron chi connectivity index (χ3n) is 5.73. The average molecular weight is 443 g/mol. The molecule has 0 saturated heterocycles. The molecule has 4 rings (SSSR count). The lowest BCUT2D eigenvalue weighted by molar-refractivity contribution is -0.112. The van der Waals surface area contributed by atoms with E-state index in [9.17, 15) is 20.4 Å². The first kappa shape index (κ1) is 21.4. The molecule has 6 nitrogen and oxygen atoms in total. The number of hydrogen-bond acceptors (Lipinski definition) is 5. The van der Waals surface area contributed by atoms with Crippen LogP contribution in [-0.4, -0.2) is 15.6 Å². The number of fused-ring (bicyclic) bond motifs is 1. The molecule has 0 radical (unpaired) electrons. The number of hydrogen-bond donors (Lipinski definition) is 2. The monoisotopic (exact) mass is 442 g/mol. The third kappa shape index (κ3) is 3.91. The van der Waals surface area contributed by atoms with Crippen molar-refractivity contribution in [2.45, 2.75) is 39.5 Å². The highest BCUT2D eigenvalue weighted by Gasteiger charge is 2.24. The zero-order chi connectivity index (χ0) is 22.8. The van der Waals surface area contributed by atoms with Gasteiger partial charge in [-0.15, -0.1) is 11.3 Å². The number of benzene rings is 1. The molecule has 0 spiro atoms. The van der Waals surface area contributed by atoms with E-state index in [0.717, 1.165) is 53.2 Å². The van der Waals surface area contributed by atoms with E-state index >= 15 is 0 Å². The Morgan fingerprint density at radius 3 is 2.59 bits per heavy atom. The smallest absolute Gasteiger partial charge is 0.266 e. The van der Waals surface area contributed by atoms with Crippen LogP contribution >= 0.6 is 11.3 Å². The van der Waals surface area contributed by atoms with Gasteiger partial charge in [0, 0.05) is 22.0 Å². The Balaban J connectivity index is 1.70. The largest absolute Gasteiger partial charge is 0.508 e. The first-order valence-corrected chi connectivity index (χ1v) is 11.2. The van der Waals surface area contributed by atoms with Gasteiger partial charge < -0.3 is 15.0 Å². The van der Waals surface area contributed by atoms with Crippen molar-refractivity contribution in [3.63, 3.8) is 0 Å². The lowest BCUT2D eigenvalue weighted by atomic mass is 9.96. The number of rotatable bonds is 4. The van der Waals surface area contributed by atoms with Crippen LogP contribution in [0.25, 0.3) is 11.1 Å². The zero-order valence-electron chi connectivity index (χ0n) is 17.9. The Hall–Kier alpha value is -3.81. The molecule has 2 N–H and O–H groups in total. The van der Waals surface area contributed by atoms with Gasteiger partial charge in [-0.05, 0) is 87.1 Å². The number of thiophene rings is 1. The maximum atomic E-state index is 12.6. The van der Waals surface area contributed by atoms with Crippen molar-refractivity contribution < 1.29 is 9.90 Å². The summed E-state index contributed by atoms with van der Waals surface area (Å²) in [6.45, 7) is 3.90. The van der Waals surface area contributed by atoms with Gasteiger partial charge in [0.2, 0.25) is 0 Å². The van der Waals surface area contributed by atoms with E-state index in [2.05, 4.69) is 16.0 Å². The summed E-state index contributed by atoms with van der Waals surface area (Å²) >= 11 is 1.67. The van der Waals surface area contributed by atoms with Crippen LogP contribution in [0, 0.1) is 36.5 Å². The van der Waals surface area contributed by atoms with Gasteiger partial charge >= 0.3 is 0 Å². The average Bonchev–Trinajstić information content (AvgIpc) is 3.28. The van der Waals surface area contributed by atoms with E-state index in [1.165, 1.54) is 22.6 Å². The molecule has 0 saturated carbocycles. The molecule has 0 atom stereocenters. The highest BCUT2D eigenvalue weighted by atomic mass is 32.1. The Morgan fingerprint density at radius 2 is 1.91 bits per heavy atom. The van der Waals surface area contributed by atoms with Gasteiger partial charge in [0.25, 0.3) is 5.91 Å². The van der Waals surface area contributed by atoms with Gasteiger partial charge in [0.05, 0.1) is 5.56 Å². The Morgan fingerprint density at radius 1 is 1.19 bits per heavy atom. The van der Waals surface area contributed by atoms with Crippen LogP contribution < -0.4 is 5.32 Å². The summed E-state index contributed by atoms with van der Waals surface area (Å²) in [5, 5.41) is 32.4. The van der Waals surface area contributed by atoms with Crippen molar-refractivity contribution in [3.05, 3.63) is 68.9 Å². The topological polar surface area (TPSA) is 102 Å². The fourth-order valence-electron chi connectivity index (χ4n) is 4.12. The SMILES string of the molecule is Cc1cc(C=C(C#N)C(=O)Nc2ccc(O)cc2)c(C)n1-c1sc2c(c1C#N)CCCC2. The molecule has 32 heavy (non-hydrogen) atoms. The number of aromatic hydroxyl groups is 1. The Kier molecular flexibility index (Phi) is 5.85. The molecular weight excluding hydrogens is 420 g/mol. The first-order chi connectivity index (χ1) is 15.4. The summed E-state index contributed by atoms with van der Waals surface area (Å²) in [6, 6.07) is 12.4. The summed E-state index contributed by atoms with van der Waals surface area (Å²) < 4.78 is 2.06. The van der Waals surface area contributed by atoms with Crippen LogP contribution in [0.3, 0.4) is 0 Å². The number of aryl methyl sites for hydroxylation is 2. The van der Waals surface area contributed by atoms with Crippen LogP contribution in [0.1, 0.15) is 45.8 Å². The molecule has 2 aromatic heterocycles. The maximum absolute atomic E-state index is 12.6. The van der Waals surface area contributed by atoms with Crippen molar-refractivity contribution in [1.82, 2.24) is 4.57 Å². The van der Waals surface area contributed by atoms with Crippen molar-refractivity contribution >= 4 is 29.0 Å². The number of carbonyl (C=O) groups is 1. The van der Waals surface area contributed by atoms with Crippen molar-refractivity contribution in [2.24, 2.45) is 0 Å². The van der Waals surface area contributed by atoms with Gasteiger partial charge in [-0.2, -0.15) is 10.5 Å². The summed E-state index contributed by atoms with van der Waals surface area (Å²) in [4.78, 5) is 13.9. The molecule has 160 valence electrons. The van der Waals surface area contributed by atoms with Crippen molar-refractivity contribution in [3.8, 4) is 22.9 Å². The summed E-state index contributed by atoms with van der Waals surface area (Å²) in [5.41, 5.74) is 4.96. The van der Waals surface area contributed by atoms with E-state index < -0.39 is 5.91 Å². The minimum absolute atomic E-state index is 0.0238. The van der Waals surface area contributed by atoms with E-state index in [4.69, 9.17) is 0 Å². The second kappa shape index (κ2) is 8.74. The maximum Gasteiger partial charge on any atom is 0.266 e. The normalized spacial score (nSPS) is 13.2. The Labute approximate surface area is 190 Å². The van der Waals surface area contributed by atoms with E-state index in [1.54, 1.807) is 29.5 Å². The van der Waals surface area contributed by atoms with Crippen LogP contribution in [-0.2, 0) is 17.6 Å². The molecular formula is C25H22N4O2S. The number of nitrogens with one attached hydrogen (secondary N) is 1. The molecule has 0 fully saturated rings. The second-order valence-electron chi connectivity index (χ2n) is 7.84. The van der Waals surface area contributed by atoms with Gasteiger partial charge in [-0.1, -0.05) is 0 Å². The van der Waals surface area contributed by atoms with Crippen LogP contribution in [0.5, 0.6) is 5.75 Å². The summed E-state index contributed by atoms with van der Waals surface area (Å²) in [6.07, 6.45) is 5.79. The number of anilines is 1. The zero-order valence-corrected chi connectivity index (χ0v) is 18.7. The molecule has 0 unspecified atom stereocenters. The van der Waals surface area contributed by atoms with Gasteiger partial charge in [0.1, 0.15) is 28.5 Å². The van der Waals surface area contributed by atoms with E-state index in [-0.39, 0.29) is 11.3 Å². The molecule has 7 heteroatoms. The number of aromatic nitrogens is 1. The van der Waals surface area contributed by atoms with Gasteiger partial charge in [-0.3, -0.25) is 4.79 Å². The number of nitrogens with zero attached hydrogens (tertiary/aromatic N) is 3. The number of phenolic OH excluding ortho intramolecular Hbond substituents is 1. The van der Waals surface area contributed by atoms with Gasteiger partial charge in [0.15, 0.2) is 0 Å². The molecule has 0 aliphatic heterocycles. The molecule has 3 aromatic rings. The molecule has 1 amide bonds. The van der Waals surface area contributed by atoms with E-state index in [0.29, 0.717) is 5.69 Å². The Bertz CT molecular complexity index is 1310. The van der Waals surface area contributed by atoms with Crippen LogP contribution in [0.4, 0.5) is 5.69 Å². The highest BCUT2D eigenvalue weighted by molar-refractivity contribution is 7.15. The highest BCUT2D eigenvalue weighted by Crippen LogP contribution is 2.38. The fourth-order valence-corrected chi connectivity index (χ4v) is 5.57. The van der Waals surface area contributed by atoms with Gasteiger partial charge in [-0.25, -0.2) is 0 Å². The predicted octanol–water partition coefficient (Wildman–Crippen LogP) is 5.16. The molecule has 2 heterocycles. The number of phenols is 1. The minimum Gasteiger partial charge on any atom is -0.508 e. The number of carbonyl (C=O) groups excluding carboxylic acids is 1. The lowest BCUT2D eigenvalue weighted by Gasteiger charge is -2.10. The molecule has 1 aliphatic rings. The minimum atomic E-state index is -0.521. The number of nitriles is 2. The number of amides is 1. The van der Waals surface area contributed by atoms with Crippen molar-refractivity contribution in [1.29, 1.82) is 10.5 Å². The van der Waals surface area contributed by atoms with Crippen LogP contribution in [0.15, 0.2) is 35.9 Å². The summed E-state index contributed by atoms with van der Waals surface area (Å²) in [7, 11) is 0. The lowest BCUT2D eigenvalue weighted by Crippen LogP contribution is -2.13. The van der Waals surface area contributed by atoms with E-state index in [1.807, 2.05) is 26.0 Å². The third-order valence-corrected chi connectivity index (χ3v) is 7.00. The summed E-state index contributed by atoms with van der Waals surface area (Å²) in [5.74, 6) is -0.425. The molecule has 1 aliphatic carbocycles. The van der Waals surface area contributed by atoms with Crippen molar-refractivity contribution in [2.75, 3.05) is 5.32 Å². The predicted molar refractivity (Wildman–Crippen MR) is 125 cm³/mol. The quantitative estimate of drug-likeness (QED) is 0.331. The molecule has 0 bridgehead atoms. The second-order valence-corrected chi connectivity index (χ2v) is 8.92. The first-order valence-electron chi connectivity index (χ1n) is 10.4.